The summed E-state index contributed by atoms with van der Waals surface area (Å²) in [7, 11) is 0. The second-order valence-electron chi connectivity index (χ2n) is 38.6. The van der Waals surface area contributed by atoms with E-state index in [2.05, 4.69) is 366 Å². The maximum Gasteiger partial charge on any atom is 0.236 e. The third-order valence-corrected chi connectivity index (χ3v) is 36.6. The lowest BCUT2D eigenvalue weighted by Crippen LogP contribution is -2.03. The van der Waals surface area contributed by atoms with Gasteiger partial charge in [-0.2, -0.15) is 0 Å². The fraction of sp³-hybridized carbons (Fsp3) is 0. The Bertz CT molecular complexity index is 11900. The molecule has 0 aliphatic heterocycles. The van der Waals surface area contributed by atoms with Gasteiger partial charge in [0, 0.05) is 193 Å². The number of para-hydroxylation sites is 7. The summed E-state index contributed by atoms with van der Waals surface area (Å²) in [5.41, 5.74) is 20.5. The Morgan fingerprint density at radius 2 is 0.453 bits per heavy atom. The second-order valence-corrected chi connectivity index (χ2v) is 43.9. The number of hydrogen-bond acceptors (Lipinski definition) is 15. The number of aromatic nitrogens is 9. The van der Waals surface area contributed by atoms with E-state index in [1.54, 1.807) is 11.3 Å². The predicted molar refractivity (Wildman–Crippen MR) is 631 cm³/mol. The molecule has 0 atom stereocenters. The molecule has 0 aliphatic rings. The van der Waals surface area contributed by atoms with Gasteiger partial charge in [-0.3, -0.25) is 13.7 Å². The Balaban J connectivity index is 0.0000000957. The third-order valence-electron chi connectivity index (χ3n) is 30.6. The first-order valence-corrected chi connectivity index (χ1v) is 54.1. The molecule has 18 heteroatoms. The topological polar surface area (TPSA) is 145 Å². The van der Waals surface area contributed by atoms with E-state index >= 15 is 0 Å². The standard InChI is InChI=1S/C44H23N3O2S.2C44H23N3OS2/c1-2-13-27-26(12-1)37-28-14-3-7-17-32(28)47(41(37)38-30-16-6-10-20-36(30)50-43(27)38)44-45-39(42-40(46-44)29-15-5-9-19-34(29)49-42)24-21-22-35-31(23-24)25-11-4-8-18-33(25)48-35;1-2-14-27-25(13-1)36-28-15-3-7-20-32(28)47(40(36)37-30-17-6-10-23-35(30)50-43(27)37)44-45-38-29-16-4-8-21-33(29)48-41(38)39(46-44)31-19-11-18-26-24-12-5-9-22-34(24)49-42(26)31;1-2-13-27-26(12-1)37-28-14-3-7-17-32(28)47(41(37)38-30-16-6-10-20-35(30)50-43(27)38)44-45-39(42-40(46-44)29-15-4-8-18-33(29)48-42)24-21-22-36-31(23-24)25-11-5-9-19-34(25)49-36/h3*1-23H. The third kappa shape index (κ3) is 11.7. The number of benzene rings is 21. The minimum Gasteiger partial charge on any atom is -0.456 e. The van der Waals surface area contributed by atoms with Crippen LogP contribution in [0.4, 0.5) is 0 Å². The van der Waals surface area contributed by atoms with Crippen LogP contribution in [0.3, 0.4) is 0 Å². The highest BCUT2D eigenvalue weighted by Gasteiger charge is 2.33. The summed E-state index contributed by atoms with van der Waals surface area (Å²) in [6, 6.07) is 148. The first-order chi connectivity index (χ1) is 74.4. The Morgan fingerprint density at radius 1 is 0.173 bits per heavy atom. The largest absolute Gasteiger partial charge is 0.456 e. The predicted octanol–water partition coefficient (Wildman–Crippen LogP) is 38.6. The molecular formula is C132H69N9O4S5. The van der Waals surface area contributed by atoms with E-state index in [-0.39, 0.29) is 0 Å². The van der Waals surface area contributed by atoms with Crippen LogP contribution in [0.2, 0.25) is 0 Å². The van der Waals surface area contributed by atoms with Gasteiger partial charge in [-0.25, -0.2) is 29.9 Å². The zero-order valence-electron chi connectivity index (χ0n) is 79.0. The van der Waals surface area contributed by atoms with E-state index in [4.69, 9.17) is 47.6 Å². The van der Waals surface area contributed by atoms with Crippen molar-refractivity contribution in [3.63, 3.8) is 0 Å². The fourth-order valence-corrected chi connectivity index (χ4v) is 30.3. The summed E-state index contributed by atoms with van der Waals surface area (Å²) in [5, 5.41) is 32.1. The summed E-state index contributed by atoms with van der Waals surface area (Å²) < 4.78 is 45.6. The van der Waals surface area contributed by atoms with E-state index in [1.165, 1.54) is 165 Å². The van der Waals surface area contributed by atoms with Gasteiger partial charge in [-0.05, 0) is 137 Å². The number of nitrogens with zero attached hydrogens (tertiary/aromatic N) is 9. The number of rotatable bonds is 6. The molecule has 0 spiro atoms. The summed E-state index contributed by atoms with van der Waals surface area (Å²) in [6.07, 6.45) is 0. The zero-order valence-corrected chi connectivity index (χ0v) is 83.1. The van der Waals surface area contributed by atoms with Crippen LogP contribution in [0.25, 0.3) is 338 Å². The van der Waals surface area contributed by atoms with Crippen LogP contribution in [-0.4, -0.2) is 43.6 Å². The molecule has 13 nitrogen and oxygen atoms in total. The quantitative estimate of drug-likeness (QED) is 0.158. The van der Waals surface area contributed by atoms with Crippen LogP contribution in [0.1, 0.15) is 0 Å². The molecule has 0 unspecified atom stereocenters. The molecule has 36 rings (SSSR count). The van der Waals surface area contributed by atoms with Gasteiger partial charge >= 0.3 is 0 Å². The number of hydrogen-bond donors (Lipinski definition) is 0. The highest BCUT2D eigenvalue weighted by Crippen LogP contribution is 2.55. The van der Waals surface area contributed by atoms with Crippen molar-refractivity contribution in [3.05, 3.63) is 419 Å². The molecule has 0 aliphatic carbocycles. The molecule has 0 N–H and O–H groups in total. The van der Waals surface area contributed by atoms with Crippen molar-refractivity contribution in [2.45, 2.75) is 0 Å². The average molecular weight is 2010 g/mol. The Hall–Kier alpha value is -18.7. The molecule has 0 saturated heterocycles. The van der Waals surface area contributed by atoms with E-state index in [0.29, 0.717) is 34.6 Å². The molecule has 0 radical (unpaired) electrons. The number of fused-ring (bicyclic) bond motifs is 48. The van der Waals surface area contributed by atoms with Crippen molar-refractivity contribution in [2.75, 3.05) is 0 Å². The first-order valence-electron chi connectivity index (χ1n) is 50.0. The molecule has 36 aromatic rings. The van der Waals surface area contributed by atoms with Crippen LogP contribution in [0.5, 0.6) is 0 Å². The molecule has 150 heavy (non-hydrogen) atoms. The van der Waals surface area contributed by atoms with E-state index in [0.717, 1.165) is 138 Å². The van der Waals surface area contributed by atoms with Gasteiger partial charge < -0.3 is 17.7 Å². The average Bonchev–Trinajstić information content (AvgIpc) is 1.54. The summed E-state index contributed by atoms with van der Waals surface area (Å²) in [5.74, 6) is 1.87. The maximum atomic E-state index is 6.65. The van der Waals surface area contributed by atoms with Crippen molar-refractivity contribution < 1.29 is 17.7 Å². The van der Waals surface area contributed by atoms with Crippen LogP contribution >= 0.6 is 56.7 Å². The SMILES string of the molecule is c1ccc2c(c1)oc1c(-c3ccc4sc5ccccc5c4c3)nc(-n3c4ccccc4c4c5ccccc5c5sc6ccccc6c5c43)nc12.c1ccc2c(c1)oc1c(-c3cccc4c3sc3ccccc34)nc(-n3c4ccccc4c4c5ccccc5c5sc6ccccc6c5c43)nc12.c1ccc2c(c1)oc1ccc(-c3nc(-n4c5ccccc5c5c6ccccc6c6sc7ccccc7c6c54)nc4c3oc3ccccc34)cc12. The van der Waals surface area contributed by atoms with Crippen LogP contribution in [0.15, 0.2) is 436 Å². The number of furan rings is 4. The van der Waals surface area contributed by atoms with Crippen molar-refractivity contribution >= 4 is 343 Å². The molecule has 21 aromatic carbocycles. The van der Waals surface area contributed by atoms with Gasteiger partial charge in [0.2, 0.25) is 17.8 Å². The number of thiophene rings is 5. The van der Waals surface area contributed by atoms with Gasteiger partial charge in [0.15, 0.2) is 16.7 Å². The monoisotopic (exact) mass is 2000 g/mol. The van der Waals surface area contributed by atoms with Gasteiger partial charge in [-0.1, -0.05) is 297 Å². The highest BCUT2D eigenvalue weighted by molar-refractivity contribution is 7.28. The molecule has 0 amide bonds. The van der Waals surface area contributed by atoms with Crippen molar-refractivity contribution in [2.24, 2.45) is 0 Å². The molecule has 696 valence electrons. The zero-order chi connectivity index (χ0) is 97.5. The lowest BCUT2D eigenvalue weighted by molar-refractivity contribution is 0.666. The Labute approximate surface area is 867 Å². The van der Waals surface area contributed by atoms with Crippen LogP contribution in [0, 0.1) is 0 Å². The smallest absolute Gasteiger partial charge is 0.236 e. The van der Waals surface area contributed by atoms with E-state index < -0.39 is 0 Å². The molecule has 0 fully saturated rings. The van der Waals surface area contributed by atoms with Crippen LogP contribution < -0.4 is 0 Å². The Kier molecular flexibility index (Phi) is 17.3. The highest BCUT2D eigenvalue weighted by atomic mass is 32.1. The Morgan fingerprint density at radius 3 is 0.880 bits per heavy atom. The van der Waals surface area contributed by atoms with Gasteiger partial charge in [-0.15, -0.1) is 56.7 Å². The van der Waals surface area contributed by atoms with E-state index in [1.807, 2.05) is 112 Å². The van der Waals surface area contributed by atoms with Gasteiger partial charge in [0.25, 0.3) is 0 Å². The van der Waals surface area contributed by atoms with Gasteiger partial charge in [0.05, 0.1) is 33.1 Å². The molecular weight excluding hydrogens is 1940 g/mol. The summed E-state index contributed by atoms with van der Waals surface area (Å²) >= 11 is 9.20. The minimum absolute atomic E-state index is 0.606. The normalized spacial score (nSPS) is 12.4. The molecule has 15 heterocycles. The lowest BCUT2D eigenvalue weighted by atomic mass is 10.00. The van der Waals surface area contributed by atoms with E-state index in [9.17, 15) is 0 Å². The molecule has 0 bridgehead atoms. The van der Waals surface area contributed by atoms with Gasteiger partial charge in [0.1, 0.15) is 61.5 Å². The maximum absolute atomic E-state index is 6.65. The van der Waals surface area contributed by atoms with Crippen molar-refractivity contribution in [3.8, 4) is 51.6 Å². The molecule has 15 aromatic heterocycles. The summed E-state index contributed by atoms with van der Waals surface area (Å²) in [4.78, 5) is 32.7. The summed E-state index contributed by atoms with van der Waals surface area (Å²) in [6.45, 7) is 0. The minimum atomic E-state index is 0.606. The lowest BCUT2D eigenvalue weighted by Gasteiger charge is -2.11. The first kappa shape index (κ1) is 82.6. The van der Waals surface area contributed by atoms with Crippen molar-refractivity contribution in [1.82, 2.24) is 43.6 Å². The second kappa shape index (κ2) is 31.4. The van der Waals surface area contributed by atoms with Crippen LogP contribution in [-0.2, 0) is 0 Å². The van der Waals surface area contributed by atoms with Crippen molar-refractivity contribution in [1.29, 1.82) is 0 Å². The fourth-order valence-electron chi connectivity index (χ4n) is 24.3. The molecule has 0 saturated carbocycles.